The molecule has 0 aromatic carbocycles. The summed E-state index contributed by atoms with van der Waals surface area (Å²) in [7, 11) is 0. The average molecular weight is 427 g/mol. The smallest absolute Gasteiger partial charge is 0.275 e. The van der Waals surface area contributed by atoms with Crippen LogP contribution < -0.4 is 10.8 Å². The van der Waals surface area contributed by atoms with E-state index >= 15 is 0 Å². The van der Waals surface area contributed by atoms with E-state index < -0.39 is 10.8 Å². The normalized spacial score (nSPS) is 25.0. The quantitative estimate of drug-likeness (QED) is 0.726. The minimum absolute atomic E-state index is 0.0201. The van der Waals surface area contributed by atoms with Crippen LogP contribution in [0.3, 0.4) is 0 Å². The molecule has 3 aliphatic heterocycles. The molecule has 2 saturated heterocycles. The highest BCUT2D eigenvalue weighted by Crippen LogP contribution is 2.36. The van der Waals surface area contributed by atoms with E-state index in [-0.39, 0.29) is 41.7 Å². The molecule has 5 heterocycles. The largest absolute Gasteiger partial charge is 0.733 e. The summed E-state index contributed by atoms with van der Waals surface area (Å²) in [6.45, 7) is 2.11. The Morgan fingerprint density at radius 3 is 2.77 bits per heavy atom. The molecular formula is C21H23N4O6-. The van der Waals surface area contributed by atoms with E-state index in [1.165, 1.54) is 6.07 Å². The Hall–Kier alpha value is -3.11. The first kappa shape index (κ1) is 19.8. The zero-order valence-corrected chi connectivity index (χ0v) is 16.8. The van der Waals surface area contributed by atoms with Gasteiger partial charge in [0.1, 0.15) is 11.4 Å². The van der Waals surface area contributed by atoms with E-state index in [4.69, 9.17) is 9.62 Å². The predicted molar refractivity (Wildman–Crippen MR) is 108 cm³/mol. The van der Waals surface area contributed by atoms with E-state index in [0.29, 0.717) is 38.5 Å². The number of carbonyl (C=O) groups excluding carboxylic acids is 2. The topological polar surface area (TPSA) is 122 Å². The minimum atomic E-state index is -0.514. The molecule has 0 saturated carbocycles. The Morgan fingerprint density at radius 1 is 1.19 bits per heavy atom. The number of likely N-dealkylation sites (tertiary alicyclic amines) is 2. The summed E-state index contributed by atoms with van der Waals surface area (Å²) in [5.74, 6) is 0.289. The zero-order valence-electron chi connectivity index (χ0n) is 16.8. The van der Waals surface area contributed by atoms with Gasteiger partial charge < -0.3 is 29.2 Å². The molecule has 2 amide bonds. The number of aromatic nitrogens is 1. The lowest BCUT2D eigenvalue weighted by molar-refractivity contribution is -0.138. The van der Waals surface area contributed by atoms with Gasteiger partial charge in [-0.05, 0) is 36.6 Å². The number of furan rings is 1. The van der Waals surface area contributed by atoms with Gasteiger partial charge in [-0.25, -0.2) is 0 Å². The number of fused-ring (bicyclic) bond motifs is 4. The number of hydrogen-bond donors (Lipinski definition) is 1. The highest BCUT2D eigenvalue weighted by atomic mass is 16.8. The van der Waals surface area contributed by atoms with Crippen LogP contribution in [0, 0.1) is 17.0 Å². The number of carbonyl (C=O) groups is 2. The summed E-state index contributed by atoms with van der Waals surface area (Å²) in [6, 6.07) is 6.58. The highest BCUT2D eigenvalue weighted by Gasteiger charge is 2.41. The van der Waals surface area contributed by atoms with Crippen molar-refractivity contribution in [1.82, 2.24) is 14.4 Å². The Bertz CT molecular complexity index is 1060. The fourth-order valence-corrected chi connectivity index (χ4v) is 5.20. The van der Waals surface area contributed by atoms with Crippen molar-refractivity contribution in [1.29, 1.82) is 0 Å². The lowest BCUT2D eigenvalue weighted by Gasteiger charge is -2.43. The van der Waals surface area contributed by atoms with Gasteiger partial charge in [0.05, 0.1) is 18.7 Å². The second-order valence-corrected chi connectivity index (χ2v) is 8.63. The molecule has 2 bridgehead atoms. The number of hydrogen-bond acceptors (Lipinski definition) is 7. The summed E-state index contributed by atoms with van der Waals surface area (Å²) in [4.78, 5) is 41.7. The van der Waals surface area contributed by atoms with Gasteiger partial charge in [-0.1, -0.05) is 0 Å². The monoisotopic (exact) mass is 427 g/mol. The average Bonchev–Trinajstić information content (AvgIpc) is 3.38. The number of nitrogens with zero attached hydrogens (tertiary/aromatic N) is 4. The number of pyridine rings is 1. The van der Waals surface area contributed by atoms with Crippen molar-refractivity contribution >= 4 is 17.5 Å². The van der Waals surface area contributed by atoms with Crippen LogP contribution in [0.4, 0.5) is 5.69 Å². The number of rotatable bonds is 4. The molecule has 3 atom stereocenters. The van der Waals surface area contributed by atoms with Crippen LogP contribution in [0.15, 0.2) is 39.7 Å². The van der Waals surface area contributed by atoms with Gasteiger partial charge in [-0.2, -0.15) is 0 Å². The Labute approximate surface area is 177 Å². The maximum absolute atomic E-state index is 13.2. The third kappa shape index (κ3) is 3.51. The van der Waals surface area contributed by atoms with Crippen molar-refractivity contribution in [2.45, 2.75) is 31.8 Å². The first-order valence-electron chi connectivity index (χ1n) is 10.4. The first-order valence-corrected chi connectivity index (χ1v) is 10.4. The second kappa shape index (κ2) is 7.54. The van der Waals surface area contributed by atoms with E-state index in [9.17, 15) is 19.6 Å². The molecule has 0 spiro atoms. The molecule has 0 radical (unpaired) electrons. The molecule has 31 heavy (non-hydrogen) atoms. The van der Waals surface area contributed by atoms with E-state index in [2.05, 4.69) is 0 Å². The molecule has 2 aromatic rings. The van der Waals surface area contributed by atoms with Gasteiger partial charge in [0.15, 0.2) is 0 Å². The second-order valence-electron chi connectivity index (χ2n) is 8.63. The fraction of sp³-hybridized carbons (Fsp3) is 0.476. The first-order chi connectivity index (χ1) is 14.9. The van der Waals surface area contributed by atoms with Gasteiger partial charge in [-0.3, -0.25) is 19.6 Å². The number of amides is 2. The number of piperidine rings is 1. The maximum atomic E-state index is 13.2. The third-order valence-electron chi connectivity index (χ3n) is 6.59. The zero-order chi connectivity index (χ0) is 21.7. The van der Waals surface area contributed by atoms with E-state index in [0.717, 1.165) is 12.1 Å². The standard InChI is InChI=1S/C21H23N4O6/c26-19-7-15(11-22(19)12-16-2-1-5-31-16)20(27)23-8-13-6-14(10-23)17-3-4-18(25(29)30)21(28)24(17)9-13/h1-5,13-15,29H,6-12H2/q-1/t13-,14-,15?/m1/s1. The molecule has 1 N–H and O–H groups in total. The molecule has 10 heteroatoms. The van der Waals surface area contributed by atoms with E-state index in [1.54, 1.807) is 27.9 Å². The third-order valence-corrected chi connectivity index (χ3v) is 6.59. The predicted octanol–water partition coefficient (Wildman–Crippen LogP) is 1.13. The molecule has 10 nitrogen and oxygen atoms in total. The lowest BCUT2D eigenvalue weighted by atomic mass is 9.82. The van der Waals surface area contributed by atoms with Gasteiger partial charge in [0, 0.05) is 44.2 Å². The van der Waals surface area contributed by atoms with Crippen LogP contribution >= 0.6 is 0 Å². The molecule has 3 aliphatic rings. The van der Waals surface area contributed by atoms with Crippen molar-refractivity contribution < 1.29 is 19.2 Å². The van der Waals surface area contributed by atoms with Gasteiger partial charge in [0.2, 0.25) is 11.8 Å². The Morgan fingerprint density at radius 2 is 2.03 bits per heavy atom. The van der Waals surface area contributed by atoms with Gasteiger partial charge >= 0.3 is 0 Å². The minimum Gasteiger partial charge on any atom is -0.733 e. The highest BCUT2D eigenvalue weighted by molar-refractivity contribution is 5.89. The Kier molecular flexibility index (Phi) is 4.82. The van der Waals surface area contributed by atoms with Crippen LogP contribution in [0.2, 0.25) is 0 Å². The van der Waals surface area contributed by atoms with Crippen molar-refractivity contribution in [2.75, 3.05) is 24.9 Å². The summed E-state index contributed by atoms with van der Waals surface area (Å²) >= 11 is 0. The van der Waals surface area contributed by atoms with Gasteiger partial charge in [-0.15, -0.1) is 0 Å². The fourth-order valence-electron chi connectivity index (χ4n) is 5.20. The van der Waals surface area contributed by atoms with Crippen LogP contribution in [0.5, 0.6) is 0 Å². The van der Waals surface area contributed by atoms with Crippen molar-refractivity contribution in [2.24, 2.45) is 11.8 Å². The lowest BCUT2D eigenvalue weighted by Crippen LogP contribution is -2.51. The summed E-state index contributed by atoms with van der Waals surface area (Å²) in [5, 5.41) is 20.0. The molecular weight excluding hydrogens is 404 g/mol. The summed E-state index contributed by atoms with van der Waals surface area (Å²) in [5.41, 5.74) is -0.0523. The van der Waals surface area contributed by atoms with Crippen LogP contribution in [0.1, 0.15) is 30.2 Å². The maximum Gasteiger partial charge on any atom is 0.275 e. The van der Waals surface area contributed by atoms with Gasteiger partial charge in [0.25, 0.3) is 5.56 Å². The molecule has 2 aromatic heterocycles. The molecule has 0 aliphatic carbocycles. The summed E-state index contributed by atoms with van der Waals surface area (Å²) < 4.78 is 6.86. The van der Waals surface area contributed by atoms with Crippen LogP contribution in [-0.4, -0.2) is 51.0 Å². The van der Waals surface area contributed by atoms with E-state index in [1.807, 2.05) is 11.0 Å². The van der Waals surface area contributed by atoms with Crippen LogP contribution in [-0.2, 0) is 22.7 Å². The van der Waals surface area contributed by atoms with Crippen molar-refractivity contribution in [3.63, 3.8) is 0 Å². The van der Waals surface area contributed by atoms with Crippen molar-refractivity contribution in [3.05, 3.63) is 57.5 Å². The molecule has 1 unspecified atom stereocenters. The Balaban J connectivity index is 1.30. The molecule has 2 fully saturated rings. The summed E-state index contributed by atoms with van der Waals surface area (Å²) in [6.07, 6.45) is 2.61. The number of anilines is 1. The SMILES string of the molecule is O=C1CC(C(=O)N2C[C@H]3C[C@H](C2)c2ccc(N([O-])O)c(=O)n2C3)CN1Cc1ccco1. The molecule has 164 valence electrons. The van der Waals surface area contributed by atoms with Crippen LogP contribution in [0.25, 0.3) is 0 Å². The molecule has 5 rings (SSSR count). The van der Waals surface area contributed by atoms with Crippen molar-refractivity contribution in [3.8, 4) is 0 Å².